The first-order valence-electron chi connectivity index (χ1n) is 5.70. The van der Waals surface area contributed by atoms with Crippen molar-refractivity contribution < 1.29 is 9.90 Å². The molecule has 0 spiro atoms. The molecule has 1 saturated heterocycles. The molecule has 2 rings (SSSR count). The highest BCUT2D eigenvalue weighted by atomic mass is 16.4. The molecule has 0 amide bonds. The van der Waals surface area contributed by atoms with Gasteiger partial charge in [0.25, 0.3) is 0 Å². The third-order valence-corrected chi connectivity index (χ3v) is 3.02. The first-order chi connectivity index (χ1) is 8.22. The zero-order chi connectivity index (χ0) is 12.3. The van der Waals surface area contributed by atoms with Gasteiger partial charge in [-0.25, -0.2) is 4.79 Å². The molecular formula is C12H14N3O2+. The molecule has 1 N–H and O–H groups in total. The summed E-state index contributed by atoms with van der Waals surface area (Å²) in [6.45, 7) is 1.77. The number of hydrogen-bond donors (Lipinski definition) is 1. The van der Waals surface area contributed by atoms with E-state index in [0.29, 0.717) is 5.69 Å². The van der Waals surface area contributed by atoms with Gasteiger partial charge in [0.1, 0.15) is 0 Å². The molecule has 17 heavy (non-hydrogen) atoms. The number of aromatic carboxylic acids is 1. The standard InChI is InChI=1S/C12H13N3O2/c13-14-9-4-5-11(10(8-9)12(16)17)15-6-2-1-3-7-15/h4-5,8H,1-3,6-7H2/p+1. The van der Waals surface area contributed by atoms with E-state index in [2.05, 4.69) is 9.88 Å². The Balaban J connectivity index is 2.38. The predicted octanol–water partition coefficient (Wildman–Crippen LogP) is 2.86. The maximum atomic E-state index is 11.2. The van der Waals surface area contributed by atoms with Crippen LogP contribution in [0, 0.1) is 5.39 Å². The number of hydrogen-bond acceptors (Lipinski definition) is 3. The van der Waals surface area contributed by atoms with Crippen LogP contribution in [0.5, 0.6) is 0 Å². The Labute approximate surface area is 99.3 Å². The summed E-state index contributed by atoms with van der Waals surface area (Å²) in [7, 11) is 0. The maximum Gasteiger partial charge on any atom is 0.386 e. The van der Waals surface area contributed by atoms with Crippen molar-refractivity contribution in [2.75, 3.05) is 18.0 Å². The maximum absolute atomic E-state index is 11.2. The van der Waals surface area contributed by atoms with Crippen LogP contribution in [0.15, 0.2) is 18.2 Å². The summed E-state index contributed by atoms with van der Waals surface area (Å²) in [5.41, 5.74) is 1.18. The quantitative estimate of drug-likeness (QED) is 0.796. The van der Waals surface area contributed by atoms with Crippen LogP contribution in [0.4, 0.5) is 11.4 Å². The Morgan fingerprint density at radius 2 is 2.00 bits per heavy atom. The molecule has 1 aromatic rings. The van der Waals surface area contributed by atoms with Crippen LogP contribution in [-0.2, 0) is 0 Å². The van der Waals surface area contributed by atoms with Crippen LogP contribution in [0.3, 0.4) is 0 Å². The molecule has 0 aromatic heterocycles. The van der Waals surface area contributed by atoms with Crippen molar-refractivity contribution in [1.29, 1.82) is 5.39 Å². The van der Waals surface area contributed by atoms with Crippen molar-refractivity contribution >= 4 is 17.3 Å². The minimum absolute atomic E-state index is 0.196. The Bertz CT molecular complexity index is 473. The molecule has 1 aliphatic heterocycles. The van der Waals surface area contributed by atoms with Crippen molar-refractivity contribution in [3.63, 3.8) is 0 Å². The number of carbonyl (C=O) groups is 1. The Kier molecular flexibility index (Phi) is 3.24. The molecular weight excluding hydrogens is 218 g/mol. The second-order valence-corrected chi connectivity index (χ2v) is 4.15. The van der Waals surface area contributed by atoms with Gasteiger partial charge in [-0.3, -0.25) is 0 Å². The smallest absolute Gasteiger partial charge is 0.386 e. The highest BCUT2D eigenvalue weighted by Gasteiger charge is 2.21. The number of carboxylic acid groups (broad SMARTS) is 1. The van der Waals surface area contributed by atoms with Crippen LogP contribution >= 0.6 is 0 Å². The largest absolute Gasteiger partial charge is 0.478 e. The average Bonchev–Trinajstić information content (AvgIpc) is 2.39. The lowest BCUT2D eigenvalue weighted by Crippen LogP contribution is -2.30. The first-order valence-corrected chi connectivity index (χ1v) is 5.70. The fraction of sp³-hybridized carbons (Fsp3) is 0.417. The van der Waals surface area contributed by atoms with E-state index in [4.69, 9.17) is 10.5 Å². The van der Waals surface area contributed by atoms with E-state index in [1.165, 1.54) is 12.5 Å². The van der Waals surface area contributed by atoms with Gasteiger partial charge in [-0.15, -0.1) is 0 Å². The zero-order valence-electron chi connectivity index (χ0n) is 9.46. The van der Waals surface area contributed by atoms with Gasteiger partial charge in [-0.2, -0.15) is 0 Å². The van der Waals surface area contributed by atoms with Crippen LogP contribution < -0.4 is 4.90 Å². The Hall–Kier alpha value is -2.09. The van der Waals surface area contributed by atoms with Crippen molar-refractivity contribution in [2.24, 2.45) is 0 Å². The van der Waals surface area contributed by atoms with E-state index in [1.807, 2.05) is 0 Å². The summed E-state index contributed by atoms with van der Waals surface area (Å²) < 4.78 is 0. The van der Waals surface area contributed by atoms with E-state index in [-0.39, 0.29) is 11.3 Å². The number of carboxylic acids is 1. The highest BCUT2D eigenvalue weighted by Crippen LogP contribution is 2.28. The number of diazo groups is 1. The summed E-state index contributed by atoms with van der Waals surface area (Å²) in [6, 6.07) is 4.73. The molecule has 0 bridgehead atoms. The summed E-state index contributed by atoms with van der Waals surface area (Å²) in [6.07, 6.45) is 3.37. The molecule has 0 radical (unpaired) electrons. The molecule has 0 unspecified atom stereocenters. The fourth-order valence-electron chi connectivity index (χ4n) is 2.17. The molecule has 0 aliphatic carbocycles. The third kappa shape index (κ3) is 2.36. The molecule has 88 valence electrons. The number of nitrogens with zero attached hydrogens (tertiary/aromatic N) is 3. The lowest BCUT2D eigenvalue weighted by Gasteiger charge is -2.29. The number of anilines is 1. The number of piperidine rings is 1. The van der Waals surface area contributed by atoms with Gasteiger partial charge < -0.3 is 10.0 Å². The van der Waals surface area contributed by atoms with Crippen LogP contribution in [-0.4, -0.2) is 24.2 Å². The fourth-order valence-corrected chi connectivity index (χ4v) is 2.17. The van der Waals surface area contributed by atoms with Gasteiger partial charge in [-0.1, -0.05) is 0 Å². The number of benzene rings is 1. The summed E-state index contributed by atoms with van der Waals surface area (Å²) in [4.78, 5) is 16.3. The lowest BCUT2D eigenvalue weighted by atomic mass is 10.1. The normalized spacial score (nSPS) is 15.4. The van der Waals surface area contributed by atoms with Gasteiger partial charge >= 0.3 is 11.7 Å². The zero-order valence-corrected chi connectivity index (χ0v) is 9.46. The van der Waals surface area contributed by atoms with E-state index in [9.17, 15) is 4.79 Å². The second kappa shape index (κ2) is 4.83. The Morgan fingerprint density at radius 1 is 1.29 bits per heavy atom. The summed E-state index contributed by atoms with van der Waals surface area (Å²) in [5, 5.41) is 17.8. The summed E-state index contributed by atoms with van der Waals surface area (Å²) in [5.74, 6) is -0.990. The summed E-state index contributed by atoms with van der Waals surface area (Å²) >= 11 is 0. The Morgan fingerprint density at radius 3 is 2.59 bits per heavy atom. The van der Waals surface area contributed by atoms with Gasteiger partial charge in [0.2, 0.25) is 5.39 Å². The molecule has 1 fully saturated rings. The average molecular weight is 232 g/mol. The molecule has 5 heteroatoms. The predicted molar refractivity (Wildman–Crippen MR) is 64.2 cm³/mol. The van der Waals surface area contributed by atoms with Gasteiger partial charge in [0.05, 0.1) is 17.3 Å². The van der Waals surface area contributed by atoms with Crippen molar-refractivity contribution in [2.45, 2.75) is 19.3 Å². The second-order valence-electron chi connectivity index (χ2n) is 4.15. The molecule has 0 atom stereocenters. The SMILES string of the molecule is N#[N+]c1ccc(N2CCCCC2)c(C(=O)O)c1. The van der Waals surface area contributed by atoms with Gasteiger partial charge in [0, 0.05) is 19.2 Å². The first kappa shape index (κ1) is 11.4. The van der Waals surface area contributed by atoms with E-state index < -0.39 is 5.97 Å². The van der Waals surface area contributed by atoms with Crippen LogP contribution in [0.25, 0.3) is 4.98 Å². The molecule has 1 heterocycles. The van der Waals surface area contributed by atoms with Gasteiger partial charge in [-0.05, 0) is 25.3 Å². The van der Waals surface area contributed by atoms with Crippen LogP contribution in [0.1, 0.15) is 29.6 Å². The van der Waals surface area contributed by atoms with E-state index >= 15 is 0 Å². The monoisotopic (exact) mass is 232 g/mol. The molecule has 1 aromatic carbocycles. The lowest BCUT2D eigenvalue weighted by molar-refractivity contribution is 0.0697. The van der Waals surface area contributed by atoms with E-state index in [1.54, 1.807) is 12.1 Å². The van der Waals surface area contributed by atoms with E-state index in [0.717, 1.165) is 25.9 Å². The van der Waals surface area contributed by atoms with Crippen molar-refractivity contribution in [3.8, 4) is 0 Å². The topological polar surface area (TPSA) is 68.7 Å². The number of rotatable bonds is 2. The molecule has 0 saturated carbocycles. The van der Waals surface area contributed by atoms with Crippen molar-refractivity contribution in [1.82, 2.24) is 0 Å². The van der Waals surface area contributed by atoms with Crippen LogP contribution in [0.2, 0.25) is 0 Å². The highest BCUT2D eigenvalue weighted by molar-refractivity contribution is 5.95. The molecule has 5 nitrogen and oxygen atoms in total. The third-order valence-electron chi connectivity index (χ3n) is 3.02. The minimum Gasteiger partial charge on any atom is -0.478 e. The molecule has 1 aliphatic rings. The van der Waals surface area contributed by atoms with Crippen molar-refractivity contribution in [3.05, 3.63) is 28.7 Å². The van der Waals surface area contributed by atoms with Gasteiger partial charge in [0.15, 0.2) is 4.98 Å². The minimum atomic E-state index is -0.990.